The van der Waals surface area contributed by atoms with Crippen LogP contribution in [0, 0.1) is 0 Å². The van der Waals surface area contributed by atoms with Crippen molar-refractivity contribution in [2.24, 2.45) is 0 Å². The number of nitrogens with zero attached hydrogens (tertiary/aromatic N) is 1. The molecule has 0 N–H and O–H groups in total. The average molecular weight is 444 g/mol. The Bertz CT molecular complexity index is 1280. The molecule has 0 spiro atoms. The summed E-state index contributed by atoms with van der Waals surface area (Å²) in [5, 5.41) is 1.46. The maximum absolute atomic E-state index is 12.8. The van der Waals surface area contributed by atoms with Crippen LogP contribution in [0.15, 0.2) is 65.5 Å². The number of fused-ring (bicyclic) bond motifs is 1. The van der Waals surface area contributed by atoms with Gasteiger partial charge in [0.05, 0.1) is 22.3 Å². The minimum absolute atomic E-state index is 0.191. The summed E-state index contributed by atoms with van der Waals surface area (Å²) in [5.74, 6) is -0.466. The lowest BCUT2D eigenvalue weighted by Crippen LogP contribution is -2.16. The Morgan fingerprint density at radius 3 is 2.52 bits per heavy atom. The van der Waals surface area contributed by atoms with E-state index >= 15 is 0 Å². The van der Waals surface area contributed by atoms with Gasteiger partial charge < -0.3 is 4.74 Å². The molecule has 146 valence electrons. The minimum atomic E-state index is -0.466. The SMILES string of the molecule is CCOC(=O)c1sc2c(ccc(=O)n2-c2ccccc2)c1-c1cccc(Cl)c1Cl. The Kier molecular flexibility index (Phi) is 5.46. The molecule has 0 saturated heterocycles. The van der Waals surface area contributed by atoms with E-state index in [-0.39, 0.29) is 12.2 Å². The Hall–Kier alpha value is -2.60. The molecule has 2 aromatic heterocycles. The molecule has 4 nitrogen and oxygen atoms in total. The molecule has 0 atom stereocenters. The molecular weight excluding hydrogens is 429 g/mol. The van der Waals surface area contributed by atoms with Gasteiger partial charge in [0.1, 0.15) is 9.71 Å². The fourth-order valence-corrected chi connectivity index (χ4v) is 4.83. The van der Waals surface area contributed by atoms with Crippen LogP contribution in [0.4, 0.5) is 0 Å². The molecule has 0 radical (unpaired) electrons. The minimum Gasteiger partial charge on any atom is -0.462 e. The van der Waals surface area contributed by atoms with Crippen LogP contribution in [-0.2, 0) is 4.74 Å². The summed E-state index contributed by atoms with van der Waals surface area (Å²) in [6.45, 7) is 1.98. The fraction of sp³-hybridized carbons (Fsp3) is 0.0909. The highest BCUT2D eigenvalue weighted by Crippen LogP contribution is 2.43. The molecule has 4 rings (SSSR count). The molecular formula is C22H15Cl2NO3S. The predicted molar refractivity (Wildman–Crippen MR) is 119 cm³/mol. The van der Waals surface area contributed by atoms with E-state index in [1.165, 1.54) is 17.4 Å². The van der Waals surface area contributed by atoms with E-state index in [0.29, 0.717) is 36.6 Å². The summed E-state index contributed by atoms with van der Waals surface area (Å²) in [6, 6.07) is 17.7. The van der Waals surface area contributed by atoms with Crippen molar-refractivity contribution in [3.63, 3.8) is 0 Å². The number of thiophene rings is 1. The largest absolute Gasteiger partial charge is 0.462 e. The average Bonchev–Trinajstić information content (AvgIpc) is 3.10. The number of carbonyl (C=O) groups excluding carboxylic acids is 1. The number of aromatic nitrogens is 1. The standard InChI is InChI=1S/C22H15Cl2NO3S/c1-2-28-22(27)20-18(14-9-6-10-16(23)19(14)24)15-11-12-17(26)25(21(15)29-20)13-7-4-3-5-8-13/h3-12H,2H2,1H3. The van der Waals surface area contributed by atoms with Crippen LogP contribution in [0.5, 0.6) is 0 Å². The second-order valence-electron chi connectivity index (χ2n) is 6.19. The second kappa shape index (κ2) is 8.03. The summed E-state index contributed by atoms with van der Waals surface area (Å²) in [7, 11) is 0. The number of benzene rings is 2. The van der Waals surface area contributed by atoms with Gasteiger partial charge in [-0.2, -0.15) is 0 Å². The Labute approximate surface area is 180 Å². The van der Waals surface area contributed by atoms with Gasteiger partial charge in [0.2, 0.25) is 0 Å². The van der Waals surface area contributed by atoms with Gasteiger partial charge in [-0.1, -0.05) is 53.5 Å². The number of ether oxygens (including phenoxy) is 1. The molecule has 4 aromatic rings. The summed E-state index contributed by atoms with van der Waals surface area (Å²) < 4.78 is 6.86. The van der Waals surface area contributed by atoms with Crippen molar-refractivity contribution in [3.8, 4) is 16.8 Å². The normalized spacial score (nSPS) is 11.0. The Balaban J connectivity index is 2.12. The second-order valence-corrected chi connectivity index (χ2v) is 7.97. The molecule has 0 saturated carbocycles. The van der Waals surface area contributed by atoms with Crippen LogP contribution in [0.2, 0.25) is 10.0 Å². The van der Waals surface area contributed by atoms with Gasteiger partial charge in [-0.15, -0.1) is 11.3 Å². The summed E-state index contributed by atoms with van der Waals surface area (Å²) in [6.07, 6.45) is 0. The molecule has 0 unspecified atom stereocenters. The first-order valence-electron chi connectivity index (χ1n) is 8.88. The van der Waals surface area contributed by atoms with Crippen molar-refractivity contribution in [3.05, 3.63) is 85.9 Å². The zero-order chi connectivity index (χ0) is 20.5. The van der Waals surface area contributed by atoms with E-state index in [1.54, 1.807) is 35.8 Å². The van der Waals surface area contributed by atoms with Crippen LogP contribution in [0.25, 0.3) is 27.0 Å². The molecule has 7 heteroatoms. The Morgan fingerprint density at radius 2 is 1.79 bits per heavy atom. The number of halogens is 2. The first-order valence-corrected chi connectivity index (χ1v) is 10.5. The molecule has 2 heterocycles. The quantitative estimate of drug-likeness (QED) is 0.352. The number of para-hydroxylation sites is 1. The highest BCUT2D eigenvalue weighted by atomic mass is 35.5. The lowest BCUT2D eigenvalue weighted by Gasteiger charge is -2.09. The van der Waals surface area contributed by atoms with Gasteiger partial charge in [0.25, 0.3) is 5.56 Å². The number of carbonyl (C=O) groups is 1. The third-order valence-corrected chi connectivity index (χ3v) is 6.43. The maximum atomic E-state index is 12.8. The molecule has 0 aliphatic rings. The topological polar surface area (TPSA) is 48.3 Å². The lowest BCUT2D eigenvalue weighted by atomic mass is 10.0. The molecule has 0 aliphatic heterocycles. The van der Waals surface area contributed by atoms with Gasteiger partial charge >= 0.3 is 5.97 Å². The highest BCUT2D eigenvalue weighted by Gasteiger charge is 2.25. The van der Waals surface area contributed by atoms with Crippen LogP contribution in [-0.4, -0.2) is 17.1 Å². The van der Waals surface area contributed by atoms with Crippen molar-refractivity contribution in [1.82, 2.24) is 4.57 Å². The molecule has 0 aliphatic carbocycles. The molecule has 0 bridgehead atoms. The van der Waals surface area contributed by atoms with Crippen molar-refractivity contribution in [2.45, 2.75) is 6.92 Å². The van der Waals surface area contributed by atoms with Gasteiger partial charge in [0, 0.05) is 22.6 Å². The van der Waals surface area contributed by atoms with E-state index in [4.69, 9.17) is 27.9 Å². The number of esters is 1. The third kappa shape index (κ3) is 3.46. The van der Waals surface area contributed by atoms with Gasteiger partial charge in [-0.3, -0.25) is 9.36 Å². The van der Waals surface area contributed by atoms with Crippen molar-refractivity contribution < 1.29 is 9.53 Å². The van der Waals surface area contributed by atoms with Crippen LogP contribution < -0.4 is 5.56 Å². The van der Waals surface area contributed by atoms with E-state index in [0.717, 1.165) is 5.39 Å². The molecule has 29 heavy (non-hydrogen) atoms. The fourth-order valence-electron chi connectivity index (χ4n) is 3.21. The summed E-state index contributed by atoms with van der Waals surface area (Å²) in [5.41, 5.74) is 1.75. The summed E-state index contributed by atoms with van der Waals surface area (Å²) >= 11 is 13.9. The lowest BCUT2D eigenvalue weighted by molar-refractivity contribution is 0.0533. The van der Waals surface area contributed by atoms with E-state index in [1.807, 2.05) is 30.3 Å². The summed E-state index contributed by atoms with van der Waals surface area (Å²) in [4.78, 5) is 26.5. The predicted octanol–water partition coefficient (Wildman–Crippen LogP) is 6.20. The zero-order valence-electron chi connectivity index (χ0n) is 15.3. The number of rotatable bonds is 4. The number of hydrogen-bond donors (Lipinski definition) is 0. The zero-order valence-corrected chi connectivity index (χ0v) is 17.6. The van der Waals surface area contributed by atoms with Crippen molar-refractivity contribution >= 4 is 50.7 Å². The Morgan fingerprint density at radius 1 is 1.03 bits per heavy atom. The van der Waals surface area contributed by atoms with Gasteiger partial charge in [0.15, 0.2) is 0 Å². The first kappa shape index (κ1) is 19.7. The molecule has 2 aromatic carbocycles. The van der Waals surface area contributed by atoms with Crippen LogP contribution >= 0.6 is 34.5 Å². The third-order valence-electron chi connectivity index (χ3n) is 4.44. The smallest absolute Gasteiger partial charge is 0.349 e. The van der Waals surface area contributed by atoms with E-state index in [2.05, 4.69) is 0 Å². The number of hydrogen-bond acceptors (Lipinski definition) is 4. The first-order chi connectivity index (χ1) is 14.0. The van der Waals surface area contributed by atoms with Gasteiger partial charge in [-0.05, 0) is 31.2 Å². The van der Waals surface area contributed by atoms with Crippen molar-refractivity contribution in [2.75, 3.05) is 6.61 Å². The highest BCUT2D eigenvalue weighted by molar-refractivity contribution is 7.21. The van der Waals surface area contributed by atoms with E-state index < -0.39 is 5.97 Å². The van der Waals surface area contributed by atoms with E-state index in [9.17, 15) is 9.59 Å². The number of pyridine rings is 1. The van der Waals surface area contributed by atoms with Crippen molar-refractivity contribution in [1.29, 1.82) is 0 Å². The maximum Gasteiger partial charge on any atom is 0.349 e. The molecule has 0 fully saturated rings. The van der Waals surface area contributed by atoms with Gasteiger partial charge in [-0.25, -0.2) is 4.79 Å². The monoisotopic (exact) mass is 443 g/mol. The van der Waals surface area contributed by atoms with Crippen LogP contribution in [0.1, 0.15) is 16.6 Å². The van der Waals surface area contributed by atoms with Crippen LogP contribution in [0.3, 0.4) is 0 Å². The molecule has 0 amide bonds.